The minimum Gasteiger partial charge on any atom is -0.321 e. The molecule has 0 saturated heterocycles. The smallest absolute Gasteiger partial charge is 0.133 e. The number of rotatable bonds is 3. The molecule has 0 aromatic heterocycles. The third kappa shape index (κ3) is 2.59. The zero-order chi connectivity index (χ0) is 11.4. The topological polar surface area (TPSA) is 17.1 Å². The Kier molecular flexibility index (Phi) is 3.53. The number of benzene rings is 2. The molecule has 0 N–H and O–H groups in total. The summed E-state index contributed by atoms with van der Waals surface area (Å²) < 4.78 is 25.3. The van der Waals surface area contributed by atoms with Crippen molar-refractivity contribution < 1.29 is 8.96 Å². The van der Waals surface area contributed by atoms with Crippen molar-refractivity contribution in [1.82, 2.24) is 0 Å². The van der Waals surface area contributed by atoms with Crippen LogP contribution in [0.5, 0.6) is 0 Å². The molecule has 0 amide bonds. The minimum atomic E-state index is -2.07. The van der Waals surface area contributed by atoms with Crippen molar-refractivity contribution in [3.05, 3.63) is 66.0 Å². The van der Waals surface area contributed by atoms with Gasteiger partial charge in [-0.3, -0.25) is 0 Å². The molecule has 1 unspecified atom stereocenters. The highest BCUT2D eigenvalue weighted by molar-refractivity contribution is 7.52. The van der Waals surface area contributed by atoms with Gasteiger partial charge in [0.25, 0.3) is 0 Å². The van der Waals surface area contributed by atoms with Crippen LogP contribution in [0, 0.1) is 5.82 Å². The Labute approximate surface area is 94.7 Å². The Morgan fingerprint density at radius 1 is 0.938 bits per heavy atom. The van der Waals surface area contributed by atoms with Crippen LogP contribution in [0.25, 0.3) is 0 Å². The lowest BCUT2D eigenvalue weighted by molar-refractivity contribution is 0.589. The summed E-state index contributed by atoms with van der Waals surface area (Å²) in [6.45, 7) is 0. The van der Waals surface area contributed by atoms with Gasteiger partial charge in [-0.2, -0.15) is 0 Å². The molecule has 16 heavy (non-hydrogen) atoms. The van der Waals surface area contributed by atoms with E-state index in [1.54, 1.807) is 18.2 Å². The fraction of sp³-hybridized carbons (Fsp3) is 0.0769. The highest BCUT2D eigenvalue weighted by Gasteiger charge is 2.09. The predicted molar refractivity (Wildman–Crippen MR) is 65.2 cm³/mol. The van der Waals surface area contributed by atoms with Gasteiger partial charge in [0, 0.05) is 11.5 Å². The van der Waals surface area contributed by atoms with Crippen LogP contribution in [0.2, 0.25) is 0 Å². The van der Waals surface area contributed by atoms with Gasteiger partial charge in [-0.15, -0.1) is 0 Å². The van der Waals surface area contributed by atoms with Crippen LogP contribution in [0.3, 0.4) is 0 Å². The highest BCUT2D eigenvalue weighted by atomic mass is 31.1. The molecular weight excluding hydrogens is 222 g/mol. The van der Waals surface area contributed by atoms with Crippen molar-refractivity contribution in [2.45, 2.75) is 6.16 Å². The molecule has 0 aliphatic carbocycles. The molecule has 2 aromatic rings. The quantitative estimate of drug-likeness (QED) is 0.745. The summed E-state index contributed by atoms with van der Waals surface area (Å²) in [4.78, 5) is 0. The van der Waals surface area contributed by atoms with Crippen LogP contribution < -0.4 is 5.30 Å². The maximum Gasteiger partial charge on any atom is 0.133 e. The largest absolute Gasteiger partial charge is 0.321 e. The van der Waals surface area contributed by atoms with Gasteiger partial charge < -0.3 is 4.57 Å². The molecule has 0 saturated carbocycles. The summed E-state index contributed by atoms with van der Waals surface area (Å²) in [5, 5.41) is 0.344. The molecule has 1 atom stereocenters. The van der Waals surface area contributed by atoms with Crippen molar-refractivity contribution in [3.8, 4) is 0 Å². The Morgan fingerprint density at radius 2 is 1.56 bits per heavy atom. The first-order valence-electron chi connectivity index (χ1n) is 5.09. The summed E-state index contributed by atoms with van der Waals surface area (Å²) in [5.41, 5.74) is 0.981. The molecule has 0 heterocycles. The average Bonchev–Trinajstić information content (AvgIpc) is 2.31. The third-order valence-corrected chi connectivity index (χ3v) is 4.12. The van der Waals surface area contributed by atoms with Crippen LogP contribution in [-0.2, 0) is 10.7 Å². The van der Waals surface area contributed by atoms with E-state index in [9.17, 15) is 8.96 Å². The zero-order valence-electron chi connectivity index (χ0n) is 8.69. The third-order valence-electron chi connectivity index (χ3n) is 2.38. The molecule has 2 aromatic carbocycles. The van der Waals surface area contributed by atoms with E-state index in [1.807, 2.05) is 30.3 Å². The van der Waals surface area contributed by atoms with Gasteiger partial charge >= 0.3 is 0 Å². The predicted octanol–water partition coefficient (Wildman–Crippen LogP) is 3.21. The molecule has 1 nitrogen and oxygen atoms in total. The molecular formula is C13H12FOP. The molecule has 3 heteroatoms. The molecule has 2 rings (SSSR count). The van der Waals surface area contributed by atoms with Gasteiger partial charge in [0.15, 0.2) is 0 Å². The lowest BCUT2D eigenvalue weighted by Crippen LogP contribution is -2.02. The van der Waals surface area contributed by atoms with Crippen molar-refractivity contribution >= 4 is 13.1 Å². The second kappa shape index (κ2) is 5.09. The first-order valence-corrected chi connectivity index (χ1v) is 6.70. The second-order valence-electron chi connectivity index (χ2n) is 3.57. The summed E-state index contributed by atoms with van der Waals surface area (Å²) in [5.74, 6) is -0.373. The monoisotopic (exact) mass is 234 g/mol. The van der Waals surface area contributed by atoms with Crippen LogP contribution in [-0.4, -0.2) is 0 Å². The molecule has 82 valence electrons. The molecule has 0 spiro atoms. The van der Waals surface area contributed by atoms with Gasteiger partial charge in [-0.05, 0) is 17.7 Å². The Bertz CT molecular complexity index is 496. The Hall–Kier alpha value is -1.40. The van der Waals surface area contributed by atoms with Crippen molar-refractivity contribution in [3.63, 3.8) is 0 Å². The highest BCUT2D eigenvalue weighted by Crippen LogP contribution is 2.26. The molecule has 0 fully saturated rings. The summed E-state index contributed by atoms with van der Waals surface area (Å²) >= 11 is 0. The maximum absolute atomic E-state index is 13.4. The van der Waals surface area contributed by atoms with E-state index in [1.165, 1.54) is 6.07 Å². The normalized spacial score (nSPS) is 12.3. The van der Waals surface area contributed by atoms with E-state index >= 15 is 0 Å². The number of hydrogen-bond acceptors (Lipinski definition) is 1. The lowest BCUT2D eigenvalue weighted by Gasteiger charge is -2.03. The lowest BCUT2D eigenvalue weighted by atomic mass is 10.2. The Morgan fingerprint density at radius 3 is 2.25 bits per heavy atom. The van der Waals surface area contributed by atoms with E-state index < -0.39 is 7.80 Å². The Balaban J connectivity index is 2.19. The zero-order valence-corrected chi connectivity index (χ0v) is 9.69. The van der Waals surface area contributed by atoms with Gasteiger partial charge in [0.2, 0.25) is 0 Å². The number of hydrogen-bond donors (Lipinski definition) is 0. The minimum absolute atomic E-state index is 0.344. The molecule has 0 aliphatic rings. The first kappa shape index (κ1) is 11.1. The van der Waals surface area contributed by atoms with Crippen molar-refractivity contribution in [2.75, 3.05) is 0 Å². The van der Waals surface area contributed by atoms with E-state index in [0.29, 0.717) is 11.5 Å². The second-order valence-corrected chi connectivity index (χ2v) is 5.30. The van der Waals surface area contributed by atoms with Gasteiger partial charge in [-0.1, -0.05) is 42.5 Å². The van der Waals surface area contributed by atoms with Gasteiger partial charge in [-0.25, -0.2) is 4.39 Å². The maximum atomic E-state index is 13.4. The fourth-order valence-electron chi connectivity index (χ4n) is 1.56. The van der Waals surface area contributed by atoms with Crippen molar-refractivity contribution in [2.24, 2.45) is 0 Å². The van der Waals surface area contributed by atoms with E-state index in [4.69, 9.17) is 0 Å². The fourth-order valence-corrected chi connectivity index (χ4v) is 2.99. The standard InChI is InChI=1S/C13H12FOP/c14-12-8-4-5-9-13(12)16(15)10-11-6-2-1-3-7-11/h1-9,16H,10H2. The van der Waals surface area contributed by atoms with Crippen LogP contribution in [0.4, 0.5) is 4.39 Å². The van der Waals surface area contributed by atoms with Gasteiger partial charge in [0.05, 0.1) is 0 Å². The summed E-state index contributed by atoms with van der Waals surface area (Å²) in [6.07, 6.45) is 0.423. The van der Waals surface area contributed by atoms with Crippen LogP contribution in [0.1, 0.15) is 5.56 Å². The molecule has 0 aliphatic heterocycles. The van der Waals surface area contributed by atoms with E-state index in [0.717, 1.165) is 5.56 Å². The molecule has 0 radical (unpaired) electrons. The van der Waals surface area contributed by atoms with Crippen LogP contribution >= 0.6 is 7.80 Å². The SMILES string of the molecule is O=[PH](Cc1ccccc1)c1ccccc1F. The average molecular weight is 234 g/mol. The first-order chi connectivity index (χ1) is 7.77. The number of halogens is 1. The van der Waals surface area contributed by atoms with Crippen molar-refractivity contribution in [1.29, 1.82) is 0 Å². The van der Waals surface area contributed by atoms with Gasteiger partial charge in [0.1, 0.15) is 13.6 Å². The summed E-state index contributed by atoms with van der Waals surface area (Å²) in [6, 6.07) is 15.8. The summed E-state index contributed by atoms with van der Waals surface area (Å²) in [7, 11) is -2.07. The molecule has 0 bridgehead atoms. The van der Waals surface area contributed by atoms with Crippen LogP contribution in [0.15, 0.2) is 54.6 Å². The van der Waals surface area contributed by atoms with E-state index in [2.05, 4.69) is 0 Å². The van der Waals surface area contributed by atoms with E-state index in [-0.39, 0.29) is 5.82 Å².